The van der Waals surface area contributed by atoms with Crippen molar-refractivity contribution >= 4 is 17.5 Å². The van der Waals surface area contributed by atoms with Gasteiger partial charge in [0, 0.05) is 35.5 Å². The van der Waals surface area contributed by atoms with Crippen LogP contribution in [0.4, 0.5) is 5.69 Å². The van der Waals surface area contributed by atoms with Gasteiger partial charge in [0.1, 0.15) is 11.5 Å². The topological polar surface area (TPSA) is 58.6 Å². The lowest BCUT2D eigenvalue weighted by Crippen LogP contribution is -2.12. The normalized spacial score (nSPS) is 11.6. The van der Waals surface area contributed by atoms with Gasteiger partial charge in [0.25, 0.3) is 0 Å². The summed E-state index contributed by atoms with van der Waals surface area (Å²) >= 11 is 0. The monoisotopic (exact) mass is 367 g/mol. The minimum Gasteiger partial charge on any atom is -0.508 e. The molecule has 0 unspecified atom stereocenters. The highest BCUT2D eigenvalue weighted by molar-refractivity contribution is 6.07. The second-order valence-electron chi connectivity index (χ2n) is 7.53. The van der Waals surface area contributed by atoms with Crippen LogP contribution >= 0.6 is 0 Å². The first kappa shape index (κ1) is 20.6. The maximum Gasteiger partial charge on any atom is 0.185 e. The van der Waals surface area contributed by atoms with E-state index in [1.807, 2.05) is 52.9 Å². The molecule has 0 spiro atoms. The third-order valence-corrected chi connectivity index (χ3v) is 4.27. The van der Waals surface area contributed by atoms with Crippen molar-refractivity contribution in [3.05, 3.63) is 59.2 Å². The number of allylic oxidation sites excluding steroid dienone is 1. The van der Waals surface area contributed by atoms with Gasteiger partial charge >= 0.3 is 0 Å². The largest absolute Gasteiger partial charge is 0.508 e. The number of benzene rings is 2. The minimum absolute atomic E-state index is 0.0792. The molecule has 0 aliphatic rings. The Morgan fingerprint density at radius 1 is 1.19 bits per heavy atom. The van der Waals surface area contributed by atoms with E-state index < -0.39 is 0 Å². The molecule has 27 heavy (non-hydrogen) atoms. The molecule has 2 N–H and O–H groups in total. The van der Waals surface area contributed by atoms with E-state index in [2.05, 4.69) is 5.32 Å². The van der Waals surface area contributed by atoms with Crippen LogP contribution in [0.3, 0.4) is 0 Å². The van der Waals surface area contributed by atoms with Crippen LogP contribution in [0.5, 0.6) is 11.5 Å². The molecular weight excluding hydrogens is 338 g/mol. The van der Waals surface area contributed by atoms with Gasteiger partial charge in [-0.25, -0.2) is 0 Å². The molecule has 0 bridgehead atoms. The lowest BCUT2D eigenvalue weighted by atomic mass is 9.85. The fourth-order valence-electron chi connectivity index (χ4n) is 2.72. The molecule has 0 aromatic heterocycles. The lowest BCUT2D eigenvalue weighted by molar-refractivity contribution is 0.104. The highest BCUT2D eigenvalue weighted by Gasteiger charge is 2.20. The van der Waals surface area contributed by atoms with Gasteiger partial charge in [-0.2, -0.15) is 0 Å². The van der Waals surface area contributed by atoms with Crippen LogP contribution in [0.2, 0.25) is 0 Å². The predicted molar refractivity (Wildman–Crippen MR) is 112 cm³/mol. The summed E-state index contributed by atoms with van der Waals surface area (Å²) < 4.78 is 5.77. The number of ketones is 1. The molecule has 0 saturated carbocycles. The summed E-state index contributed by atoms with van der Waals surface area (Å²) in [6.45, 7) is 8.69. The minimum atomic E-state index is -0.219. The van der Waals surface area contributed by atoms with E-state index >= 15 is 0 Å². The number of hydrogen-bond acceptors (Lipinski definition) is 4. The average molecular weight is 367 g/mol. The Morgan fingerprint density at radius 3 is 2.41 bits per heavy atom. The van der Waals surface area contributed by atoms with Crippen LogP contribution < -0.4 is 10.1 Å². The number of anilines is 1. The molecule has 0 fully saturated rings. The molecule has 0 atom stereocenters. The quantitative estimate of drug-likeness (QED) is 0.507. The van der Waals surface area contributed by atoms with Crippen LogP contribution in [-0.4, -0.2) is 24.5 Å². The Hall–Kier alpha value is -2.75. The number of phenols is 1. The van der Waals surface area contributed by atoms with E-state index in [1.165, 1.54) is 0 Å². The van der Waals surface area contributed by atoms with Gasteiger partial charge < -0.3 is 15.2 Å². The van der Waals surface area contributed by atoms with Gasteiger partial charge in [-0.3, -0.25) is 4.79 Å². The number of rotatable bonds is 7. The predicted octanol–water partition coefficient (Wildman–Crippen LogP) is 5.42. The molecule has 144 valence electrons. The van der Waals surface area contributed by atoms with Crippen molar-refractivity contribution in [2.45, 2.75) is 39.5 Å². The Kier molecular flexibility index (Phi) is 6.67. The first-order valence-corrected chi connectivity index (χ1v) is 9.26. The van der Waals surface area contributed by atoms with Crippen molar-refractivity contribution in [3.8, 4) is 11.5 Å². The zero-order valence-corrected chi connectivity index (χ0v) is 16.8. The van der Waals surface area contributed by atoms with E-state index in [1.54, 1.807) is 30.4 Å². The van der Waals surface area contributed by atoms with Crippen molar-refractivity contribution < 1.29 is 14.6 Å². The first-order valence-electron chi connectivity index (χ1n) is 9.26. The van der Waals surface area contributed by atoms with Gasteiger partial charge in [-0.1, -0.05) is 27.7 Å². The molecule has 0 radical (unpaired) electrons. The zero-order valence-electron chi connectivity index (χ0n) is 16.8. The van der Waals surface area contributed by atoms with Crippen molar-refractivity contribution in [1.82, 2.24) is 0 Å². The molecule has 2 aromatic carbocycles. The fourth-order valence-corrected chi connectivity index (χ4v) is 2.72. The van der Waals surface area contributed by atoms with Gasteiger partial charge in [0.05, 0.1) is 6.61 Å². The first-order chi connectivity index (χ1) is 12.8. The Morgan fingerprint density at radius 2 is 1.85 bits per heavy atom. The fraction of sp³-hybridized carbons (Fsp3) is 0.348. The van der Waals surface area contributed by atoms with Gasteiger partial charge in [-0.05, 0) is 54.3 Å². The van der Waals surface area contributed by atoms with Crippen LogP contribution in [0.25, 0.3) is 6.08 Å². The molecule has 2 aromatic rings. The van der Waals surface area contributed by atoms with E-state index in [0.717, 1.165) is 23.2 Å². The Balaban J connectivity index is 2.35. The van der Waals surface area contributed by atoms with Gasteiger partial charge in [0.15, 0.2) is 5.78 Å². The number of carbonyl (C=O) groups is 1. The number of phenolic OH excluding ortho intramolecular Hbond substituents is 1. The maximum atomic E-state index is 12.5. The number of aromatic hydroxyl groups is 1. The summed E-state index contributed by atoms with van der Waals surface area (Å²) in [5.41, 5.74) is 2.96. The van der Waals surface area contributed by atoms with Gasteiger partial charge in [-0.15, -0.1) is 0 Å². The summed E-state index contributed by atoms with van der Waals surface area (Å²) in [6.07, 6.45) is 4.17. The average Bonchev–Trinajstić information content (AvgIpc) is 2.64. The van der Waals surface area contributed by atoms with E-state index in [4.69, 9.17) is 4.74 Å². The molecule has 0 amide bonds. The van der Waals surface area contributed by atoms with Crippen molar-refractivity contribution in [3.63, 3.8) is 0 Å². The van der Waals surface area contributed by atoms with Crippen LogP contribution in [0.15, 0.2) is 42.5 Å². The smallest absolute Gasteiger partial charge is 0.185 e. The highest BCUT2D eigenvalue weighted by atomic mass is 16.5. The number of carbonyl (C=O) groups excluding carboxylic acids is 1. The molecule has 0 saturated heterocycles. The second kappa shape index (κ2) is 8.76. The van der Waals surface area contributed by atoms with Crippen LogP contribution in [0.1, 0.15) is 55.6 Å². The highest BCUT2D eigenvalue weighted by Crippen LogP contribution is 2.36. The van der Waals surface area contributed by atoms with E-state index in [0.29, 0.717) is 17.9 Å². The second-order valence-corrected chi connectivity index (χ2v) is 7.53. The Bertz CT molecular complexity index is 815. The zero-order chi connectivity index (χ0) is 20.0. The van der Waals surface area contributed by atoms with Crippen LogP contribution in [0, 0.1) is 0 Å². The molecule has 0 aliphatic heterocycles. The molecule has 4 heteroatoms. The van der Waals surface area contributed by atoms with Gasteiger partial charge in [0.2, 0.25) is 0 Å². The molecule has 4 nitrogen and oxygen atoms in total. The SMILES string of the molecule is CCCOc1cc(O)c(C(C)(C)C)cc1C=CC(=O)c1ccc(NC)cc1. The van der Waals surface area contributed by atoms with Crippen molar-refractivity contribution in [2.24, 2.45) is 0 Å². The van der Waals surface area contributed by atoms with Crippen LogP contribution in [-0.2, 0) is 5.41 Å². The number of ether oxygens (including phenoxy) is 1. The molecule has 0 heterocycles. The third kappa shape index (κ3) is 5.36. The summed E-state index contributed by atoms with van der Waals surface area (Å²) in [6, 6.07) is 10.9. The number of hydrogen-bond donors (Lipinski definition) is 2. The van der Waals surface area contributed by atoms with Crippen molar-refractivity contribution in [2.75, 3.05) is 19.0 Å². The van der Waals surface area contributed by atoms with Crippen molar-refractivity contribution in [1.29, 1.82) is 0 Å². The molecular formula is C23H29NO3. The third-order valence-electron chi connectivity index (χ3n) is 4.27. The summed E-state index contributed by atoms with van der Waals surface area (Å²) in [7, 11) is 1.84. The summed E-state index contributed by atoms with van der Waals surface area (Å²) in [4.78, 5) is 12.5. The maximum absolute atomic E-state index is 12.5. The van der Waals surface area contributed by atoms with E-state index in [9.17, 15) is 9.90 Å². The summed E-state index contributed by atoms with van der Waals surface area (Å²) in [5, 5.41) is 13.4. The van der Waals surface area contributed by atoms with E-state index in [-0.39, 0.29) is 16.9 Å². The summed E-state index contributed by atoms with van der Waals surface area (Å²) in [5.74, 6) is 0.709. The molecule has 0 aliphatic carbocycles. The standard InChI is InChI=1S/C23H29NO3/c1-6-13-27-22-15-21(26)19(23(2,3)4)14-17(22)9-12-20(25)16-7-10-18(24-5)11-8-16/h7-12,14-15,24,26H,6,13H2,1-5H3. The number of nitrogens with one attached hydrogen (secondary N) is 1. The lowest BCUT2D eigenvalue weighted by Gasteiger charge is -2.22. The molecule has 2 rings (SSSR count). The Labute approximate surface area is 161 Å².